The van der Waals surface area contributed by atoms with Crippen LogP contribution in [0.5, 0.6) is 0 Å². The van der Waals surface area contributed by atoms with Crippen molar-refractivity contribution in [3.05, 3.63) is 174 Å². The number of anilines is 1. The molecule has 11 rings (SSSR count). The number of nitrogens with zero attached hydrogens (tertiary/aromatic N) is 2. The highest BCUT2D eigenvalue weighted by atomic mass is 15.3. The van der Waals surface area contributed by atoms with Crippen molar-refractivity contribution in [2.45, 2.75) is 94.8 Å². The SMILES string of the molecule is C1=CCCC(C2=CCCC(N3C4C(C5=CC6C7C=CCCC7N(c7cc(-c8ccccc8)cc(-c8ccccc8)c7)C6CC5)CC=CC4[C@@H]4CCC=CC43)=C2)=C1. The topological polar surface area (TPSA) is 6.48 Å². The van der Waals surface area contributed by atoms with Gasteiger partial charge >= 0.3 is 0 Å². The summed E-state index contributed by atoms with van der Waals surface area (Å²) in [5.41, 5.74) is 13.1. The van der Waals surface area contributed by atoms with Gasteiger partial charge in [-0.1, -0.05) is 133 Å². The lowest BCUT2D eigenvalue weighted by Gasteiger charge is -2.44. The van der Waals surface area contributed by atoms with E-state index in [9.17, 15) is 0 Å². The van der Waals surface area contributed by atoms with E-state index in [4.69, 9.17) is 0 Å². The molecule has 3 aromatic rings. The van der Waals surface area contributed by atoms with Gasteiger partial charge in [0, 0.05) is 53.2 Å². The number of hydrogen-bond donors (Lipinski definition) is 0. The molecule has 9 atom stereocenters. The van der Waals surface area contributed by atoms with Crippen molar-refractivity contribution in [1.82, 2.24) is 4.90 Å². The van der Waals surface area contributed by atoms with Crippen LogP contribution in [0.25, 0.3) is 22.3 Å². The minimum absolute atomic E-state index is 0.523. The first-order valence-electron chi connectivity index (χ1n) is 22.1. The first kappa shape index (κ1) is 34.4. The van der Waals surface area contributed by atoms with Gasteiger partial charge in [-0.2, -0.15) is 0 Å². The van der Waals surface area contributed by atoms with E-state index in [1.807, 2.05) is 0 Å². The highest BCUT2D eigenvalue weighted by Crippen LogP contribution is 2.55. The summed E-state index contributed by atoms with van der Waals surface area (Å²) in [5, 5.41) is 0. The van der Waals surface area contributed by atoms with E-state index in [0.29, 0.717) is 47.8 Å². The van der Waals surface area contributed by atoms with Crippen LogP contribution >= 0.6 is 0 Å². The molecule has 0 amide bonds. The maximum absolute atomic E-state index is 3.00. The zero-order chi connectivity index (χ0) is 37.0. The lowest BCUT2D eigenvalue weighted by atomic mass is 9.68. The van der Waals surface area contributed by atoms with Crippen LogP contribution in [0.3, 0.4) is 0 Å². The van der Waals surface area contributed by atoms with Crippen LogP contribution in [0.4, 0.5) is 5.69 Å². The summed E-state index contributed by atoms with van der Waals surface area (Å²) in [5.74, 6) is 3.06. The maximum atomic E-state index is 3.00. The Balaban J connectivity index is 0.963. The monoisotopic (exact) mass is 732 g/mol. The molecule has 6 aliphatic carbocycles. The van der Waals surface area contributed by atoms with Gasteiger partial charge in [-0.3, -0.25) is 0 Å². The first-order valence-corrected chi connectivity index (χ1v) is 22.1. The molecule has 0 bridgehead atoms. The second-order valence-electron chi connectivity index (χ2n) is 17.9. The molecule has 282 valence electrons. The lowest BCUT2D eigenvalue weighted by Crippen LogP contribution is -2.44. The highest BCUT2D eigenvalue weighted by Gasteiger charge is 2.54. The number of likely N-dealkylation sites (tertiary alicyclic amines) is 1. The van der Waals surface area contributed by atoms with Gasteiger partial charge in [-0.05, 0) is 134 Å². The smallest absolute Gasteiger partial charge is 0.0508 e. The summed E-state index contributed by atoms with van der Waals surface area (Å²) < 4.78 is 0. The molecule has 2 heterocycles. The summed E-state index contributed by atoms with van der Waals surface area (Å²) in [6.45, 7) is 0. The number of allylic oxidation sites excluding steroid dienone is 11. The molecule has 2 heteroatoms. The molecule has 2 nitrogen and oxygen atoms in total. The van der Waals surface area contributed by atoms with Crippen LogP contribution in [0, 0.1) is 29.6 Å². The Hall–Kier alpha value is -4.82. The highest BCUT2D eigenvalue weighted by molar-refractivity contribution is 5.79. The van der Waals surface area contributed by atoms with Gasteiger partial charge in [0.1, 0.15) is 0 Å². The predicted molar refractivity (Wildman–Crippen MR) is 234 cm³/mol. The van der Waals surface area contributed by atoms with E-state index in [1.54, 1.807) is 11.3 Å². The summed E-state index contributed by atoms with van der Waals surface area (Å²) >= 11 is 0. The van der Waals surface area contributed by atoms with Crippen molar-refractivity contribution >= 4 is 5.69 Å². The molecule has 0 aromatic heterocycles. The molecule has 0 radical (unpaired) electrons. The summed E-state index contributed by atoms with van der Waals surface area (Å²) in [6, 6.07) is 31.7. The Labute approximate surface area is 335 Å². The number of hydrogen-bond acceptors (Lipinski definition) is 2. The standard InChI is InChI=1S/C54H56N2/c1-4-16-37(17-5-1)40-22-14-23-44(33-40)56-52-29-13-10-24-47(52)49-27-15-26-46(54(49)56)41-30-31-53-50(36-41)48-25-11-12-28-51(48)55(53)45-34-42(38-18-6-2-7-19-38)32-43(35-45)39-20-8-3-9-21-39/h1-4,6-9,11,13,15-16,18-22,25,27,29,32-36,46-54H,5,10,12,14,17,23-24,26,28,30-31H2/t46?,47-,48?,49?,50?,51?,52?,53?,54?/m0/s1. The minimum atomic E-state index is 0.523. The molecule has 2 aliphatic heterocycles. The molecule has 0 spiro atoms. The zero-order valence-corrected chi connectivity index (χ0v) is 32.8. The van der Waals surface area contributed by atoms with Gasteiger partial charge in [0.15, 0.2) is 0 Å². The largest absolute Gasteiger partial charge is 0.364 e. The molecule has 0 saturated carbocycles. The Morgan fingerprint density at radius 2 is 1.32 bits per heavy atom. The average Bonchev–Trinajstić information content (AvgIpc) is 3.80. The van der Waals surface area contributed by atoms with E-state index < -0.39 is 0 Å². The maximum Gasteiger partial charge on any atom is 0.0508 e. The summed E-state index contributed by atoms with van der Waals surface area (Å²) in [6.07, 6.45) is 43.8. The molecular weight excluding hydrogens is 677 g/mol. The summed E-state index contributed by atoms with van der Waals surface area (Å²) in [7, 11) is 0. The third kappa shape index (κ3) is 5.98. The van der Waals surface area contributed by atoms with E-state index in [1.165, 1.54) is 103 Å². The second-order valence-corrected chi connectivity index (χ2v) is 17.9. The lowest BCUT2D eigenvalue weighted by molar-refractivity contribution is 0.194. The van der Waals surface area contributed by atoms with E-state index >= 15 is 0 Å². The van der Waals surface area contributed by atoms with Crippen molar-refractivity contribution in [2.24, 2.45) is 29.6 Å². The van der Waals surface area contributed by atoms with Crippen LogP contribution in [0.1, 0.15) is 70.6 Å². The fourth-order valence-electron chi connectivity index (χ4n) is 12.6. The Morgan fingerprint density at radius 1 is 0.571 bits per heavy atom. The Morgan fingerprint density at radius 3 is 2.11 bits per heavy atom. The normalized spacial score (nSPS) is 32.8. The van der Waals surface area contributed by atoms with Crippen molar-refractivity contribution in [3.8, 4) is 22.3 Å². The van der Waals surface area contributed by atoms with Crippen LogP contribution in [-0.2, 0) is 0 Å². The molecule has 0 N–H and O–H groups in total. The van der Waals surface area contributed by atoms with E-state index in [0.717, 1.165) is 12.3 Å². The number of fused-ring (bicyclic) bond motifs is 6. The van der Waals surface area contributed by atoms with Gasteiger partial charge in [0.2, 0.25) is 0 Å². The van der Waals surface area contributed by atoms with Gasteiger partial charge in [-0.15, -0.1) is 0 Å². The number of benzene rings is 3. The first-order chi connectivity index (χ1) is 27.8. The minimum Gasteiger partial charge on any atom is -0.364 e. The van der Waals surface area contributed by atoms with E-state index in [2.05, 4.69) is 162 Å². The predicted octanol–water partition coefficient (Wildman–Crippen LogP) is 13.0. The molecule has 8 aliphatic rings. The van der Waals surface area contributed by atoms with Crippen LogP contribution in [-0.4, -0.2) is 29.1 Å². The van der Waals surface area contributed by atoms with Crippen LogP contribution in [0.2, 0.25) is 0 Å². The third-order valence-electron chi connectivity index (χ3n) is 15.0. The van der Waals surface area contributed by atoms with Crippen molar-refractivity contribution < 1.29 is 0 Å². The molecule has 8 unspecified atom stereocenters. The van der Waals surface area contributed by atoms with Crippen molar-refractivity contribution in [1.29, 1.82) is 0 Å². The molecule has 56 heavy (non-hydrogen) atoms. The fraction of sp³-hybridized carbons (Fsp3) is 0.370. The van der Waals surface area contributed by atoms with Crippen LogP contribution < -0.4 is 4.90 Å². The van der Waals surface area contributed by atoms with Crippen molar-refractivity contribution in [2.75, 3.05) is 4.90 Å². The van der Waals surface area contributed by atoms with Crippen molar-refractivity contribution in [3.63, 3.8) is 0 Å². The zero-order valence-electron chi connectivity index (χ0n) is 32.8. The van der Waals surface area contributed by atoms with Gasteiger partial charge in [0.05, 0.1) is 6.04 Å². The molecule has 2 saturated heterocycles. The molecular formula is C54H56N2. The van der Waals surface area contributed by atoms with Gasteiger partial charge in [-0.25, -0.2) is 0 Å². The number of rotatable bonds is 6. The average molecular weight is 733 g/mol. The fourth-order valence-corrected chi connectivity index (χ4v) is 12.6. The van der Waals surface area contributed by atoms with Gasteiger partial charge in [0.25, 0.3) is 0 Å². The van der Waals surface area contributed by atoms with Crippen LogP contribution in [0.15, 0.2) is 174 Å². The van der Waals surface area contributed by atoms with Gasteiger partial charge < -0.3 is 9.80 Å². The van der Waals surface area contributed by atoms with E-state index in [-0.39, 0.29) is 0 Å². The summed E-state index contributed by atoms with van der Waals surface area (Å²) in [4.78, 5) is 5.93. The quantitative estimate of drug-likeness (QED) is 0.233. The molecule has 2 fully saturated rings. The third-order valence-corrected chi connectivity index (χ3v) is 15.0. The Bertz CT molecular complexity index is 2150. The second kappa shape index (κ2) is 14.6. The molecule has 3 aromatic carbocycles. The Kier molecular flexibility index (Phi) is 8.98.